The van der Waals surface area contributed by atoms with E-state index in [1.165, 1.54) is 15.8 Å². The summed E-state index contributed by atoms with van der Waals surface area (Å²) >= 11 is 0. The first-order valence-corrected chi connectivity index (χ1v) is 24.1. The van der Waals surface area contributed by atoms with Gasteiger partial charge >= 0.3 is 0 Å². The maximum Gasteiger partial charge on any atom is 0.0283 e. The first-order chi connectivity index (χ1) is 6.48. The van der Waals surface area contributed by atoms with Gasteiger partial charge in [0, 0.05) is 52.1 Å². The van der Waals surface area contributed by atoms with Crippen LogP contribution in [-0.4, -0.2) is 52.1 Å². The minimum absolute atomic E-state index is 0.0905. The summed E-state index contributed by atoms with van der Waals surface area (Å²) in [5.41, 5.74) is 3.18. The molecule has 4 unspecified atom stereocenters. The van der Waals surface area contributed by atoms with E-state index in [2.05, 4.69) is 26.2 Å². The molecule has 0 radical (unpaired) electrons. The Balaban J connectivity index is 2.47. The van der Waals surface area contributed by atoms with E-state index in [0.29, 0.717) is 18.1 Å². The molecule has 0 aromatic heterocycles. The van der Waals surface area contributed by atoms with Gasteiger partial charge < -0.3 is 0 Å². The van der Waals surface area contributed by atoms with Gasteiger partial charge in [-0.2, -0.15) is 0 Å². The van der Waals surface area contributed by atoms with Crippen molar-refractivity contribution in [1.29, 1.82) is 0 Å². The van der Waals surface area contributed by atoms with Gasteiger partial charge in [-0.3, -0.25) is 0 Å². The van der Waals surface area contributed by atoms with Crippen LogP contribution in [0.4, 0.5) is 0 Å². The Morgan fingerprint density at radius 2 is 2.21 bits per heavy atom. The Kier molecular flexibility index (Phi) is 5.32. The van der Waals surface area contributed by atoms with Crippen molar-refractivity contribution in [2.75, 3.05) is 0 Å². The monoisotopic (exact) mass is 292 g/mol. The van der Waals surface area contributed by atoms with Crippen molar-refractivity contribution in [2.24, 2.45) is 0 Å². The van der Waals surface area contributed by atoms with Gasteiger partial charge in [-0.15, -0.1) is 0 Å². The van der Waals surface area contributed by atoms with Crippen LogP contribution in [0, 0.1) is 0 Å². The highest BCUT2D eigenvalue weighted by molar-refractivity contribution is 7.57. The summed E-state index contributed by atoms with van der Waals surface area (Å²) in [4.78, 5) is 0. The third kappa shape index (κ3) is 3.41. The van der Waals surface area contributed by atoms with Crippen LogP contribution in [-0.2, 0) is 0 Å². The summed E-state index contributed by atoms with van der Waals surface area (Å²) in [5.74, 6) is 0. The predicted molar refractivity (Wildman–Crippen MR) is 88.7 cm³/mol. The molecule has 0 bridgehead atoms. The smallest absolute Gasteiger partial charge is 0.0283 e. The van der Waals surface area contributed by atoms with Crippen LogP contribution in [0.3, 0.4) is 0 Å². The molecule has 1 fully saturated rings. The van der Waals surface area contributed by atoms with Gasteiger partial charge in [0.05, 0.1) is 0 Å². The van der Waals surface area contributed by atoms with Crippen LogP contribution in [0.15, 0.2) is 0 Å². The van der Waals surface area contributed by atoms with Crippen LogP contribution in [0.1, 0.15) is 0 Å². The molecule has 4 atom stereocenters. The van der Waals surface area contributed by atoms with E-state index < -0.39 is 7.11 Å². The maximum absolute atomic E-state index is 2.84. The number of hydrogen-bond acceptors (Lipinski definition) is 0. The van der Waals surface area contributed by atoms with Crippen molar-refractivity contribution in [3.63, 3.8) is 0 Å². The molecule has 14 heavy (non-hydrogen) atoms. The molecule has 0 amide bonds. The summed E-state index contributed by atoms with van der Waals surface area (Å²) in [5, 5.41) is 0. The van der Waals surface area contributed by atoms with Gasteiger partial charge in [-0.05, 0) is 0 Å². The van der Waals surface area contributed by atoms with Crippen LogP contribution in [0.25, 0.3) is 0 Å². The molecule has 1 saturated heterocycles. The predicted octanol–water partition coefficient (Wildman–Crippen LogP) is -0.639. The summed E-state index contributed by atoms with van der Waals surface area (Å²) in [6.07, 6.45) is 0. The SMILES string of the molecule is C[SiH2][SiH](C)C[SiH](C)[Si]1(C)CC([SiH3])C[SiH2]1. The van der Waals surface area contributed by atoms with E-state index in [1.807, 2.05) is 11.7 Å². The minimum Gasteiger partial charge on any atom is -0.0769 e. The van der Waals surface area contributed by atoms with Crippen molar-refractivity contribution >= 4 is 52.1 Å². The topological polar surface area (TPSA) is 0 Å². The average Bonchev–Trinajstić information content (AvgIpc) is 2.47. The van der Waals surface area contributed by atoms with Crippen molar-refractivity contribution < 1.29 is 0 Å². The quantitative estimate of drug-likeness (QED) is 0.605. The Labute approximate surface area is 101 Å². The third-order valence-corrected chi connectivity index (χ3v) is 52.7. The van der Waals surface area contributed by atoms with Crippen molar-refractivity contribution in [3.05, 3.63) is 0 Å². The Morgan fingerprint density at radius 3 is 2.64 bits per heavy atom. The first kappa shape index (κ1) is 13.4. The van der Waals surface area contributed by atoms with Crippen LogP contribution in [0.2, 0.25) is 49.5 Å². The van der Waals surface area contributed by atoms with E-state index in [1.54, 1.807) is 6.04 Å². The second kappa shape index (κ2) is 5.58. The van der Waals surface area contributed by atoms with Crippen LogP contribution < -0.4 is 0 Å². The van der Waals surface area contributed by atoms with Crippen molar-refractivity contribution in [2.45, 2.75) is 49.5 Å². The molecule has 0 spiro atoms. The molecule has 0 aromatic rings. The molecule has 1 rings (SSSR count). The molecule has 0 aliphatic carbocycles. The van der Waals surface area contributed by atoms with E-state index in [9.17, 15) is 0 Å². The molecule has 0 nitrogen and oxygen atoms in total. The lowest BCUT2D eigenvalue weighted by Crippen LogP contribution is -2.51. The zero-order valence-electron chi connectivity index (χ0n) is 10.8. The van der Waals surface area contributed by atoms with E-state index in [4.69, 9.17) is 0 Å². The number of hydrogen-bond donors (Lipinski definition) is 0. The molecule has 0 N–H and O–H groups in total. The fourth-order valence-electron chi connectivity index (χ4n) is 3.08. The summed E-state index contributed by atoms with van der Waals surface area (Å²) in [6, 6.07) is 3.61. The lowest BCUT2D eigenvalue weighted by atomic mass is 10.5. The van der Waals surface area contributed by atoms with Crippen LogP contribution >= 0.6 is 0 Å². The van der Waals surface area contributed by atoms with E-state index in [-0.39, 0.29) is 16.6 Å². The van der Waals surface area contributed by atoms with E-state index in [0.717, 1.165) is 0 Å². The standard InChI is InChI=1S/C8H28Si6/c1-10-12(2)7-13(3)14(4)6-8(9)5-11-14/h8,12-13H,5-7,10-11H2,1-4,9H3. The van der Waals surface area contributed by atoms with Crippen LogP contribution in [0.5, 0.6) is 0 Å². The highest BCUT2D eigenvalue weighted by Gasteiger charge is 2.40. The summed E-state index contributed by atoms with van der Waals surface area (Å²) < 4.78 is 0. The second-order valence-electron chi connectivity index (χ2n) is 6.15. The van der Waals surface area contributed by atoms with Gasteiger partial charge in [0.25, 0.3) is 0 Å². The van der Waals surface area contributed by atoms with Crippen molar-refractivity contribution in [1.82, 2.24) is 0 Å². The fraction of sp³-hybridized carbons (Fsp3) is 1.00. The first-order valence-electron chi connectivity index (χ1n) is 6.48. The largest absolute Gasteiger partial charge is 0.0769 e. The Morgan fingerprint density at radius 1 is 1.57 bits per heavy atom. The average molecular weight is 293 g/mol. The van der Waals surface area contributed by atoms with Gasteiger partial charge in [0.15, 0.2) is 0 Å². The summed E-state index contributed by atoms with van der Waals surface area (Å²) in [7, 11) is 1.75. The van der Waals surface area contributed by atoms with E-state index >= 15 is 0 Å². The Bertz CT molecular complexity index is 187. The lowest BCUT2D eigenvalue weighted by molar-refractivity contribution is 1.08. The molecular weight excluding hydrogens is 265 g/mol. The molecule has 6 heteroatoms. The molecule has 1 aliphatic heterocycles. The molecule has 1 aliphatic rings. The molecule has 0 saturated carbocycles. The third-order valence-electron chi connectivity index (χ3n) is 4.67. The fourth-order valence-corrected chi connectivity index (χ4v) is 63.8. The molecule has 0 aromatic carbocycles. The zero-order valence-corrected chi connectivity index (χ0v) is 18.9. The van der Waals surface area contributed by atoms with Gasteiger partial charge in [0.1, 0.15) is 0 Å². The molecular formula is C8H28Si6. The van der Waals surface area contributed by atoms with Gasteiger partial charge in [-0.25, -0.2) is 0 Å². The highest BCUT2D eigenvalue weighted by Crippen LogP contribution is 2.33. The normalized spacial score (nSPS) is 39.9. The lowest BCUT2D eigenvalue weighted by Gasteiger charge is -2.30. The Hall–Kier alpha value is 1.30. The minimum atomic E-state index is -0.462. The maximum atomic E-state index is 2.84. The second-order valence-corrected chi connectivity index (χ2v) is 41.9. The molecule has 84 valence electrons. The molecule has 1 heterocycles. The number of rotatable bonds is 4. The highest BCUT2D eigenvalue weighted by atomic mass is 29.6. The zero-order chi connectivity index (χ0) is 10.8. The van der Waals surface area contributed by atoms with Gasteiger partial charge in [-0.1, -0.05) is 49.5 Å². The summed E-state index contributed by atoms with van der Waals surface area (Å²) in [6.45, 7) is 10.9. The van der Waals surface area contributed by atoms with Gasteiger partial charge in [0.2, 0.25) is 0 Å². The van der Waals surface area contributed by atoms with Crippen molar-refractivity contribution in [3.8, 4) is 0 Å².